The summed E-state index contributed by atoms with van der Waals surface area (Å²) >= 11 is 5.97. The van der Waals surface area contributed by atoms with Crippen LogP contribution >= 0.6 is 11.6 Å². The monoisotopic (exact) mass is 489 g/mol. The Morgan fingerprint density at radius 3 is 2.45 bits per heavy atom. The second kappa shape index (κ2) is 9.97. The molecule has 2 aliphatic carbocycles. The van der Waals surface area contributed by atoms with Crippen LogP contribution in [0.2, 0.25) is 5.02 Å². The first kappa shape index (κ1) is 23.9. The van der Waals surface area contributed by atoms with Crippen molar-refractivity contribution in [1.82, 2.24) is 10.6 Å². The van der Waals surface area contributed by atoms with E-state index in [0.717, 1.165) is 5.69 Å². The molecule has 0 bridgehead atoms. The highest BCUT2D eigenvalue weighted by molar-refractivity contribution is 6.30. The van der Waals surface area contributed by atoms with Crippen molar-refractivity contribution in [2.75, 3.05) is 18.4 Å². The van der Waals surface area contributed by atoms with Gasteiger partial charge in [-0.05, 0) is 56.7 Å². The van der Waals surface area contributed by atoms with E-state index in [-0.39, 0.29) is 48.6 Å². The van der Waals surface area contributed by atoms with E-state index in [4.69, 9.17) is 16.3 Å². The Kier molecular flexibility index (Phi) is 7.23. The van der Waals surface area contributed by atoms with Gasteiger partial charge in [0.05, 0.1) is 24.9 Å². The molecule has 182 valence electrons. The van der Waals surface area contributed by atoms with Gasteiger partial charge in [0, 0.05) is 22.9 Å². The number of benzene rings is 1. The summed E-state index contributed by atoms with van der Waals surface area (Å²) in [5, 5.41) is 9.62. The maximum absolute atomic E-state index is 12.6. The van der Waals surface area contributed by atoms with Crippen LogP contribution in [0.4, 0.5) is 18.9 Å². The molecule has 2 saturated carbocycles. The van der Waals surface area contributed by atoms with Crippen molar-refractivity contribution >= 4 is 29.1 Å². The summed E-state index contributed by atoms with van der Waals surface area (Å²) in [4.78, 5) is 25.0. The summed E-state index contributed by atoms with van der Waals surface area (Å²) in [6.07, 6.45) is -3.04. The first-order valence-electron chi connectivity index (χ1n) is 11.2. The van der Waals surface area contributed by atoms with E-state index in [2.05, 4.69) is 20.7 Å². The Balaban J connectivity index is 1.13. The topological polar surface area (TPSA) is 88.7 Å². The summed E-state index contributed by atoms with van der Waals surface area (Å²) in [6, 6.07) is 5.05. The van der Waals surface area contributed by atoms with Gasteiger partial charge in [0.15, 0.2) is 0 Å². The molecule has 2 fully saturated rings. The second-order valence-corrected chi connectivity index (χ2v) is 9.35. The number of carbonyl (C=O) groups excluding carboxylic acids is 2. The van der Waals surface area contributed by atoms with Crippen molar-refractivity contribution in [3.63, 3.8) is 0 Å². The summed E-state index contributed by atoms with van der Waals surface area (Å²) in [6.45, 7) is 0.924. The number of halogens is 4. The van der Waals surface area contributed by atoms with Gasteiger partial charge in [-0.3, -0.25) is 14.3 Å². The van der Waals surface area contributed by atoms with Gasteiger partial charge in [-0.1, -0.05) is 11.6 Å². The standard InChI is InChI=1S/C22H27ClF3N3O4/c23-14-5-6-19-18(7-14)27-10-17(32-19)11-28-20(30)12-1-3-13(4-2-12)21(31)29-15-8-16(9-15)33-22(24,25)26/h5-7,12-13,15-17,27H,1-4,8-11H2,(H,28,30)(H,29,31)/t12-,13-,15-,16+,17?. The van der Waals surface area contributed by atoms with Gasteiger partial charge in [0.2, 0.25) is 11.8 Å². The number of carbonyl (C=O) groups is 2. The van der Waals surface area contributed by atoms with Crippen LogP contribution in [-0.2, 0) is 14.3 Å². The van der Waals surface area contributed by atoms with Gasteiger partial charge in [-0.2, -0.15) is 0 Å². The molecule has 2 amide bonds. The maximum Gasteiger partial charge on any atom is 0.522 e. The molecule has 1 aromatic rings. The fourth-order valence-corrected chi connectivity index (χ4v) is 4.74. The largest absolute Gasteiger partial charge is 0.522 e. The average Bonchev–Trinajstić information content (AvgIpc) is 2.75. The number of fused-ring (bicyclic) bond motifs is 1. The Hall–Kier alpha value is -2.20. The quantitative estimate of drug-likeness (QED) is 0.568. The summed E-state index contributed by atoms with van der Waals surface area (Å²) < 4.78 is 46.4. The molecular weight excluding hydrogens is 463 g/mol. The lowest BCUT2D eigenvalue weighted by Gasteiger charge is -2.37. The van der Waals surface area contributed by atoms with Crippen LogP contribution in [0.25, 0.3) is 0 Å². The molecular formula is C22H27ClF3N3O4. The summed E-state index contributed by atoms with van der Waals surface area (Å²) in [5.74, 6) is 0.116. The second-order valence-electron chi connectivity index (χ2n) is 8.92. The average molecular weight is 490 g/mol. The van der Waals surface area contributed by atoms with Gasteiger partial charge in [0.25, 0.3) is 0 Å². The number of anilines is 1. The van der Waals surface area contributed by atoms with Gasteiger partial charge >= 0.3 is 6.36 Å². The molecule has 1 unspecified atom stereocenters. The first-order chi connectivity index (χ1) is 15.7. The Bertz CT molecular complexity index is 871. The summed E-state index contributed by atoms with van der Waals surface area (Å²) in [7, 11) is 0. The van der Waals surface area contributed by atoms with E-state index in [9.17, 15) is 22.8 Å². The van der Waals surface area contributed by atoms with Crippen molar-refractivity contribution in [1.29, 1.82) is 0 Å². The molecule has 0 saturated heterocycles. The minimum Gasteiger partial charge on any atom is -0.485 e. The lowest BCUT2D eigenvalue weighted by Crippen LogP contribution is -2.51. The molecule has 1 atom stereocenters. The molecule has 1 aliphatic heterocycles. The molecule has 3 N–H and O–H groups in total. The van der Waals surface area contributed by atoms with Gasteiger partial charge in [0.1, 0.15) is 11.9 Å². The zero-order valence-corrected chi connectivity index (χ0v) is 18.7. The van der Waals surface area contributed by atoms with Crippen LogP contribution in [0.1, 0.15) is 38.5 Å². The van der Waals surface area contributed by atoms with Crippen LogP contribution in [0, 0.1) is 11.8 Å². The molecule has 0 radical (unpaired) electrons. The minimum atomic E-state index is -4.64. The lowest BCUT2D eigenvalue weighted by atomic mass is 9.80. The van der Waals surface area contributed by atoms with Gasteiger partial charge in [-0.15, -0.1) is 13.2 Å². The van der Waals surface area contributed by atoms with E-state index in [1.165, 1.54) is 0 Å². The van der Waals surface area contributed by atoms with Crippen molar-refractivity contribution in [3.05, 3.63) is 23.2 Å². The van der Waals surface area contributed by atoms with E-state index in [1.807, 2.05) is 0 Å². The Labute approximate surface area is 194 Å². The molecule has 3 aliphatic rings. The highest BCUT2D eigenvalue weighted by Crippen LogP contribution is 2.33. The van der Waals surface area contributed by atoms with Crippen molar-refractivity contribution in [3.8, 4) is 5.75 Å². The zero-order valence-electron chi connectivity index (χ0n) is 17.9. The number of hydrogen-bond acceptors (Lipinski definition) is 5. The number of nitrogens with one attached hydrogen (secondary N) is 3. The SMILES string of the molecule is O=C(NCC1CNc2cc(Cl)ccc2O1)[C@H]1CC[C@H](C(=O)N[C@H]2C[C@@H](OC(F)(F)F)C2)CC1. The molecule has 0 spiro atoms. The van der Waals surface area contributed by atoms with E-state index < -0.39 is 12.5 Å². The normalized spacial score (nSPS) is 29.0. The minimum absolute atomic E-state index is 0.0505. The predicted molar refractivity (Wildman–Crippen MR) is 115 cm³/mol. The van der Waals surface area contributed by atoms with E-state index >= 15 is 0 Å². The molecule has 11 heteroatoms. The number of alkyl halides is 3. The molecule has 1 aromatic carbocycles. The number of hydrogen-bond donors (Lipinski definition) is 3. The highest BCUT2D eigenvalue weighted by Gasteiger charge is 2.41. The Morgan fingerprint density at radius 2 is 1.79 bits per heavy atom. The number of amides is 2. The number of rotatable bonds is 6. The van der Waals surface area contributed by atoms with E-state index in [0.29, 0.717) is 49.5 Å². The van der Waals surface area contributed by atoms with Crippen LogP contribution in [-0.4, -0.2) is 49.5 Å². The van der Waals surface area contributed by atoms with Gasteiger partial charge < -0.3 is 20.7 Å². The Morgan fingerprint density at radius 1 is 1.12 bits per heavy atom. The smallest absolute Gasteiger partial charge is 0.485 e. The van der Waals surface area contributed by atoms with Crippen molar-refractivity contribution in [2.45, 2.75) is 63.1 Å². The lowest BCUT2D eigenvalue weighted by molar-refractivity contribution is -0.351. The first-order valence-corrected chi connectivity index (χ1v) is 11.6. The van der Waals surface area contributed by atoms with Crippen LogP contribution in [0.3, 0.4) is 0 Å². The van der Waals surface area contributed by atoms with Crippen LogP contribution < -0.4 is 20.7 Å². The fourth-order valence-electron chi connectivity index (χ4n) is 4.57. The van der Waals surface area contributed by atoms with Crippen molar-refractivity contribution in [2.24, 2.45) is 11.8 Å². The highest BCUT2D eigenvalue weighted by atomic mass is 35.5. The molecule has 7 nitrogen and oxygen atoms in total. The molecule has 1 heterocycles. The third-order valence-electron chi connectivity index (χ3n) is 6.47. The summed E-state index contributed by atoms with van der Waals surface area (Å²) in [5.41, 5.74) is 0.826. The predicted octanol–water partition coefficient (Wildman–Crippen LogP) is 3.62. The zero-order chi connectivity index (χ0) is 23.6. The molecule has 33 heavy (non-hydrogen) atoms. The molecule has 4 rings (SSSR count). The van der Waals surface area contributed by atoms with Crippen molar-refractivity contribution < 1.29 is 32.2 Å². The van der Waals surface area contributed by atoms with Gasteiger partial charge in [-0.25, -0.2) is 0 Å². The van der Waals surface area contributed by atoms with Crippen LogP contribution in [0.5, 0.6) is 5.75 Å². The number of ether oxygens (including phenoxy) is 2. The van der Waals surface area contributed by atoms with Crippen LogP contribution in [0.15, 0.2) is 18.2 Å². The van der Waals surface area contributed by atoms with E-state index in [1.54, 1.807) is 18.2 Å². The third-order valence-corrected chi connectivity index (χ3v) is 6.70. The maximum atomic E-state index is 12.6. The fraction of sp³-hybridized carbons (Fsp3) is 0.636. The third kappa shape index (κ3) is 6.44. The molecule has 0 aromatic heterocycles.